The van der Waals surface area contributed by atoms with E-state index >= 15 is 0 Å². The van der Waals surface area contributed by atoms with Crippen molar-refractivity contribution in [3.8, 4) is 5.75 Å². The minimum absolute atomic E-state index is 0.241. The van der Waals surface area contributed by atoms with Gasteiger partial charge < -0.3 is 10.5 Å². The first-order valence-electron chi connectivity index (χ1n) is 5.00. The van der Waals surface area contributed by atoms with Crippen molar-refractivity contribution in [1.82, 2.24) is 0 Å². The summed E-state index contributed by atoms with van der Waals surface area (Å²) in [6, 6.07) is 5.81. The van der Waals surface area contributed by atoms with Gasteiger partial charge in [0.15, 0.2) is 0 Å². The normalized spacial score (nSPS) is 10.1. The molecule has 0 spiro atoms. The Morgan fingerprint density at radius 2 is 2.06 bits per heavy atom. The highest BCUT2D eigenvalue weighted by Crippen LogP contribution is 2.28. The summed E-state index contributed by atoms with van der Waals surface area (Å²) in [5.74, 6) is 1.08. The van der Waals surface area contributed by atoms with Crippen LogP contribution in [-0.2, 0) is 0 Å². The van der Waals surface area contributed by atoms with E-state index in [1.54, 1.807) is 0 Å². The quantitative estimate of drug-likeness (QED) is 0.467. The van der Waals surface area contributed by atoms with Crippen LogP contribution < -0.4 is 10.5 Å². The van der Waals surface area contributed by atoms with Crippen molar-refractivity contribution < 1.29 is 4.74 Å². The molecule has 88 valence electrons. The van der Waals surface area contributed by atoms with Gasteiger partial charge in [-0.1, -0.05) is 15.9 Å². The lowest BCUT2D eigenvalue weighted by molar-refractivity contribution is 0.306. The van der Waals surface area contributed by atoms with Crippen LogP contribution in [0.1, 0.15) is 19.3 Å². The van der Waals surface area contributed by atoms with Crippen LogP contribution in [0.5, 0.6) is 5.75 Å². The molecule has 0 saturated carbocycles. The van der Waals surface area contributed by atoms with E-state index < -0.39 is 0 Å². The molecule has 0 fully saturated rings. The summed E-state index contributed by atoms with van der Waals surface area (Å²) in [7, 11) is 0. The van der Waals surface area contributed by atoms with Gasteiger partial charge in [0.05, 0.1) is 16.9 Å². The largest absolute Gasteiger partial charge is 0.492 e. The van der Waals surface area contributed by atoms with Crippen LogP contribution in [0, 0.1) is 5.41 Å². The fraction of sp³-hybridized carbons (Fsp3) is 0.364. The molecule has 0 bridgehead atoms. The van der Waals surface area contributed by atoms with Gasteiger partial charge in [-0.05, 0) is 47.0 Å². The second-order valence-electron chi connectivity index (χ2n) is 3.41. The predicted molar refractivity (Wildman–Crippen MR) is 73.1 cm³/mol. The molecule has 0 unspecified atom stereocenters. The van der Waals surface area contributed by atoms with Crippen LogP contribution in [0.3, 0.4) is 0 Å². The first-order valence-corrected chi connectivity index (χ1v) is 6.59. The number of hydrogen-bond acceptors (Lipinski definition) is 2. The lowest BCUT2D eigenvalue weighted by atomic mass is 10.2. The molecule has 0 aliphatic rings. The number of unbranched alkanes of at least 4 members (excludes halogenated alkanes) is 1. The molecule has 1 aromatic carbocycles. The summed E-state index contributed by atoms with van der Waals surface area (Å²) in [5.41, 5.74) is 5.26. The summed E-state index contributed by atoms with van der Waals surface area (Å²) < 4.78 is 7.55. The Labute approximate surface area is 112 Å². The van der Waals surface area contributed by atoms with Crippen molar-refractivity contribution in [2.45, 2.75) is 19.3 Å². The van der Waals surface area contributed by atoms with Crippen molar-refractivity contribution in [2.24, 2.45) is 5.73 Å². The van der Waals surface area contributed by atoms with Gasteiger partial charge in [0.25, 0.3) is 0 Å². The Balaban J connectivity index is 2.29. The van der Waals surface area contributed by atoms with E-state index in [0.29, 0.717) is 13.0 Å². The van der Waals surface area contributed by atoms with Gasteiger partial charge in [-0.3, -0.25) is 5.41 Å². The number of amidine groups is 1. The van der Waals surface area contributed by atoms with Gasteiger partial charge in [0, 0.05) is 10.9 Å². The lowest BCUT2D eigenvalue weighted by Crippen LogP contribution is -2.09. The Morgan fingerprint density at radius 1 is 1.31 bits per heavy atom. The maximum absolute atomic E-state index is 7.08. The van der Waals surface area contributed by atoms with Gasteiger partial charge in [-0.15, -0.1) is 0 Å². The van der Waals surface area contributed by atoms with Crippen molar-refractivity contribution >= 4 is 37.7 Å². The average molecular weight is 350 g/mol. The van der Waals surface area contributed by atoms with Gasteiger partial charge in [0.2, 0.25) is 0 Å². The first kappa shape index (κ1) is 13.5. The Kier molecular flexibility index (Phi) is 5.84. The smallest absolute Gasteiger partial charge is 0.133 e. The van der Waals surface area contributed by atoms with E-state index in [0.717, 1.165) is 27.5 Å². The molecule has 3 N–H and O–H groups in total. The van der Waals surface area contributed by atoms with Gasteiger partial charge in [-0.25, -0.2) is 0 Å². The Bertz CT molecular complexity index is 369. The number of benzene rings is 1. The Hall–Kier alpha value is -0.550. The Morgan fingerprint density at radius 3 is 2.69 bits per heavy atom. The average Bonchev–Trinajstić information content (AvgIpc) is 2.20. The maximum Gasteiger partial charge on any atom is 0.133 e. The molecule has 0 aliphatic heterocycles. The van der Waals surface area contributed by atoms with Crippen LogP contribution in [0.4, 0.5) is 0 Å². The molecular weight excluding hydrogens is 336 g/mol. The zero-order valence-electron chi connectivity index (χ0n) is 8.80. The second kappa shape index (κ2) is 6.91. The fourth-order valence-corrected chi connectivity index (χ4v) is 2.35. The van der Waals surface area contributed by atoms with Crippen LogP contribution in [0.2, 0.25) is 0 Å². The van der Waals surface area contributed by atoms with Gasteiger partial charge in [0.1, 0.15) is 5.75 Å². The minimum Gasteiger partial charge on any atom is -0.492 e. The van der Waals surface area contributed by atoms with E-state index in [9.17, 15) is 0 Å². The lowest BCUT2D eigenvalue weighted by Gasteiger charge is -2.08. The third kappa shape index (κ3) is 4.99. The number of nitrogens with two attached hydrogens (primary N) is 1. The molecule has 0 radical (unpaired) electrons. The molecule has 0 atom stereocenters. The van der Waals surface area contributed by atoms with Gasteiger partial charge >= 0.3 is 0 Å². The van der Waals surface area contributed by atoms with Crippen LogP contribution in [0.25, 0.3) is 0 Å². The van der Waals surface area contributed by atoms with E-state index in [1.165, 1.54) is 0 Å². The molecule has 0 saturated heterocycles. The van der Waals surface area contributed by atoms with Crippen LogP contribution in [-0.4, -0.2) is 12.4 Å². The van der Waals surface area contributed by atoms with Crippen molar-refractivity contribution in [1.29, 1.82) is 5.41 Å². The first-order chi connectivity index (χ1) is 7.59. The van der Waals surface area contributed by atoms with E-state index in [2.05, 4.69) is 31.9 Å². The zero-order valence-corrected chi connectivity index (χ0v) is 12.0. The molecule has 0 aliphatic carbocycles. The minimum atomic E-state index is 0.241. The number of rotatable bonds is 6. The summed E-state index contributed by atoms with van der Waals surface area (Å²) >= 11 is 6.81. The predicted octanol–water partition coefficient (Wildman–Crippen LogP) is 3.70. The fourth-order valence-electron chi connectivity index (χ4n) is 1.19. The number of nitrogens with one attached hydrogen (secondary N) is 1. The third-order valence-corrected chi connectivity index (χ3v) is 3.10. The second-order valence-corrected chi connectivity index (χ2v) is 5.18. The number of ether oxygens (including phenoxy) is 1. The monoisotopic (exact) mass is 348 g/mol. The molecule has 0 aromatic heterocycles. The summed E-state index contributed by atoms with van der Waals surface area (Å²) in [4.78, 5) is 0. The van der Waals surface area contributed by atoms with Crippen molar-refractivity contribution in [2.75, 3.05) is 6.61 Å². The van der Waals surface area contributed by atoms with E-state index in [1.807, 2.05) is 18.2 Å². The van der Waals surface area contributed by atoms with Gasteiger partial charge in [-0.2, -0.15) is 0 Å². The highest BCUT2D eigenvalue weighted by molar-refractivity contribution is 9.11. The SMILES string of the molecule is N=C(N)CCCCOc1ccc(Br)cc1Br. The molecule has 0 amide bonds. The maximum atomic E-state index is 7.08. The summed E-state index contributed by atoms with van der Waals surface area (Å²) in [6.07, 6.45) is 2.44. The van der Waals surface area contributed by atoms with Crippen LogP contribution in [0.15, 0.2) is 27.1 Å². The van der Waals surface area contributed by atoms with Crippen LogP contribution >= 0.6 is 31.9 Å². The van der Waals surface area contributed by atoms with Crippen molar-refractivity contribution in [3.05, 3.63) is 27.1 Å². The van der Waals surface area contributed by atoms with E-state index in [-0.39, 0.29) is 5.84 Å². The summed E-state index contributed by atoms with van der Waals surface area (Å²) in [6.45, 7) is 0.646. The molecule has 1 aromatic rings. The third-order valence-electron chi connectivity index (χ3n) is 1.99. The molecule has 5 heteroatoms. The highest BCUT2D eigenvalue weighted by Gasteiger charge is 2.01. The number of hydrogen-bond donors (Lipinski definition) is 2. The van der Waals surface area contributed by atoms with Crippen molar-refractivity contribution in [3.63, 3.8) is 0 Å². The molecule has 3 nitrogen and oxygen atoms in total. The zero-order chi connectivity index (χ0) is 12.0. The highest BCUT2D eigenvalue weighted by atomic mass is 79.9. The molecule has 1 rings (SSSR count). The topological polar surface area (TPSA) is 59.1 Å². The molecule has 0 heterocycles. The number of halogens is 2. The molecule has 16 heavy (non-hydrogen) atoms. The molecular formula is C11H14Br2N2O. The standard InChI is InChI=1S/C11H14Br2N2O/c12-8-4-5-10(9(13)7-8)16-6-2-1-3-11(14)15/h4-5,7H,1-3,6H2,(H3,14,15). The summed E-state index contributed by atoms with van der Waals surface area (Å²) in [5, 5.41) is 7.08. The van der Waals surface area contributed by atoms with E-state index in [4.69, 9.17) is 15.9 Å².